The van der Waals surface area contributed by atoms with Gasteiger partial charge in [0, 0.05) is 12.2 Å². The van der Waals surface area contributed by atoms with E-state index in [9.17, 15) is 4.79 Å². The fourth-order valence-electron chi connectivity index (χ4n) is 3.47. The van der Waals surface area contributed by atoms with Crippen LogP contribution in [0.15, 0.2) is 30.3 Å². The Bertz CT molecular complexity index is 886. The average molecular weight is 368 g/mol. The van der Waals surface area contributed by atoms with Crippen molar-refractivity contribution >= 4 is 11.8 Å². The van der Waals surface area contributed by atoms with Crippen LogP contribution < -0.4 is 20.1 Å². The zero-order valence-electron chi connectivity index (χ0n) is 15.8. The summed E-state index contributed by atoms with van der Waals surface area (Å²) in [4.78, 5) is 12.2. The van der Waals surface area contributed by atoms with Gasteiger partial charge >= 0.3 is 6.09 Å². The number of anilines is 1. The van der Waals surface area contributed by atoms with Gasteiger partial charge in [-0.25, -0.2) is 4.79 Å². The highest BCUT2D eigenvalue weighted by atomic mass is 16.7. The van der Waals surface area contributed by atoms with Crippen molar-refractivity contribution in [2.45, 2.75) is 39.3 Å². The molecule has 142 valence electrons. The molecule has 0 saturated heterocycles. The molecule has 27 heavy (non-hydrogen) atoms. The first-order valence-electron chi connectivity index (χ1n) is 9.16. The van der Waals surface area contributed by atoms with Crippen LogP contribution in [0.1, 0.15) is 31.9 Å². The van der Waals surface area contributed by atoms with E-state index in [1.807, 2.05) is 51.1 Å². The Morgan fingerprint density at radius 2 is 1.93 bits per heavy atom. The van der Waals surface area contributed by atoms with Gasteiger partial charge in [0.15, 0.2) is 11.5 Å². The molecule has 0 fully saturated rings. The molecule has 0 bridgehead atoms. The van der Waals surface area contributed by atoms with Gasteiger partial charge in [-0.05, 0) is 74.2 Å². The first kappa shape index (κ1) is 17.7. The standard InChI is InChI=1S/C21H24N2O4/c1-21(2,3)27-20(24)23-17-6-5-14(16-11-22-9-8-15(16)17)13-4-7-18-19(10-13)26-12-25-18/h4-7,10,22H,8-9,11-12H2,1-3H3,(H,23,24). The van der Waals surface area contributed by atoms with E-state index in [1.54, 1.807) is 0 Å². The van der Waals surface area contributed by atoms with E-state index in [4.69, 9.17) is 14.2 Å². The molecule has 1 amide bonds. The summed E-state index contributed by atoms with van der Waals surface area (Å²) >= 11 is 0. The van der Waals surface area contributed by atoms with E-state index in [1.165, 1.54) is 5.56 Å². The lowest BCUT2D eigenvalue weighted by Gasteiger charge is -2.25. The maximum absolute atomic E-state index is 12.2. The average Bonchev–Trinajstić information content (AvgIpc) is 3.08. The van der Waals surface area contributed by atoms with Crippen LogP contribution in [0.5, 0.6) is 11.5 Å². The Morgan fingerprint density at radius 1 is 1.11 bits per heavy atom. The molecule has 4 rings (SSSR count). The zero-order chi connectivity index (χ0) is 19.0. The minimum atomic E-state index is -0.530. The fraction of sp³-hybridized carbons (Fsp3) is 0.381. The summed E-state index contributed by atoms with van der Waals surface area (Å²) in [7, 11) is 0. The van der Waals surface area contributed by atoms with Crippen molar-refractivity contribution in [3.63, 3.8) is 0 Å². The van der Waals surface area contributed by atoms with Crippen LogP contribution in [0.3, 0.4) is 0 Å². The predicted molar refractivity (Wildman–Crippen MR) is 103 cm³/mol. The van der Waals surface area contributed by atoms with Crippen molar-refractivity contribution in [1.82, 2.24) is 5.32 Å². The number of ether oxygens (including phenoxy) is 3. The summed E-state index contributed by atoms with van der Waals surface area (Å²) in [6.07, 6.45) is 0.415. The Kier molecular flexibility index (Phi) is 4.44. The summed E-state index contributed by atoms with van der Waals surface area (Å²) in [5.41, 5.74) is 4.82. The van der Waals surface area contributed by atoms with Crippen LogP contribution in [0.4, 0.5) is 10.5 Å². The van der Waals surface area contributed by atoms with Gasteiger partial charge in [0.1, 0.15) is 5.60 Å². The van der Waals surface area contributed by atoms with Gasteiger partial charge in [0.25, 0.3) is 0 Å². The summed E-state index contributed by atoms with van der Waals surface area (Å²) in [5.74, 6) is 1.54. The highest BCUT2D eigenvalue weighted by Gasteiger charge is 2.22. The smallest absolute Gasteiger partial charge is 0.412 e. The fourth-order valence-corrected chi connectivity index (χ4v) is 3.47. The Hall–Kier alpha value is -2.73. The van der Waals surface area contributed by atoms with Gasteiger partial charge in [-0.3, -0.25) is 5.32 Å². The number of benzene rings is 2. The second-order valence-corrected chi connectivity index (χ2v) is 7.74. The molecule has 6 heteroatoms. The van der Waals surface area contributed by atoms with Gasteiger partial charge in [0.05, 0.1) is 0 Å². The van der Waals surface area contributed by atoms with Crippen molar-refractivity contribution in [3.8, 4) is 22.6 Å². The van der Waals surface area contributed by atoms with Gasteiger partial charge in [0.2, 0.25) is 6.79 Å². The molecule has 0 aromatic heterocycles. The van der Waals surface area contributed by atoms with Crippen LogP contribution in [0.2, 0.25) is 0 Å². The van der Waals surface area contributed by atoms with Crippen molar-refractivity contribution in [3.05, 3.63) is 41.5 Å². The SMILES string of the molecule is CC(C)(C)OC(=O)Nc1ccc(-c2ccc3c(c2)OCO3)c2c1CCNC2. The van der Waals surface area contributed by atoms with Gasteiger partial charge in [-0.2, -0.15) is 0 Å². The molecular formula is C21H24N2O4. The summed E-state index contributed by atoms with van der Waals surface area (Å²) in [6, 6.07) is 9.98. The van der Waals surface area contributed by atoms with E-state index < -0.39 is 11.7 Å². The number of rotatable bonds is 2. The largest absolute Gasteiger partial charge is 0.454 e. The predicted octanol–water partition coefficient (Wildman–Crippen LogP) is 4.08. The minimum absolute atomic E-state index is 0.261. The third kappa shape index (κ3) is 3.71. The summed E-state index contributed by atoms with van der Waals surface area (Å²) in [5, 5.41) is 6.34. The van der Waals surface area contributed by atoms with E-state index >= 15 is 0 Å². The molecule has 0 radical (unpaired) electrons. The molecule has 2 aliphatic rings. The third-order valence-corrected chi connectivity index (χ3v) is 4.60. The second kappa shape index (κ2) is 6.78. The van der Waals surface area contributed by atoms with E-state index in [2.05, 4.69) is 10.6 Å². The molecule has 0 saturated carbocycles. The van der Waals surface area contributed by atoms with Crippen molar-refractivity contribution in [2.75, 3.05) is 18.7 Å². The van der Waals surface area contributed by atoms with Crippen LogP contribution in [0, 0.1) is 0 Å². The normalized spacial score (nSPS) is 15.2. The highest BCUT2D eigenvalue weighted by molar-refractivity contribution is 5.88. The Labute approximate surface area is 158 Å². The summed E-state index contributed by atoms with van der Waals surface area (Å²) in [6.45, 7) is 7.46. The van der Waals surface area contributed by atoms with Crippen LogP contribution >= 0.6 is 0 Å². The number of fused-ring (bicyclic) bond motifs is 2. The zero-order valence-corrected chi connectivity index (χ0v) is 15.8. The molecule has 0 atom stereocenters. The first-order chi connectivity index (χ1) is 12.9. The van der Waals surface area contributed by atoms with Gasteiger partial charge < -0.3 is 19.5 Å². The van der Waals surface area contributed by atoms with E-state index in [-0.39, 0.29) is 6.79 Å². The molecule has 0 aliphatic carbocycles. The number of carbonyl (C=O) groups is 1. The monoisotopic (exact) mass is 368 g/mol. The number of hydrogen-bond donors (Lipinski definition) is 2. The van der Waals surface area contributed by atoms with Gasteiger partial charge in [-0.15, -0.1) is 0 Å². The molecular weight excluding hydrogens is 344 g/mol. The van der Waals surface area contributed by atoms with Crippen molar-refractivity contribution in [1.29, 1.82) is 0 Å². The summed E-state index contributed by atoms with van der Waals surface area (Å²) < 4.78 is 16.3. The van der Waals surface area contributed by atoms with Crippen LogP contribution in [-0.2, 0) is 17.7 Å². The number of nitrogens with one attached hydrogen (secondary N) is 2. The van der Waals surface area contributed by atoms with Gasteiger partial charge in [-0.1, -0.05) is 12.1 Å². The molecule has 0 spiro atoms. The van der Waals surface area contributed by atoms with Crippen molar-refractivity contribution in [2.24, 2.45) is 0 Å². The second-order valence-electron chi connectivity index (χ2n) is 7.74. The number of carbonyl (C=O) groups excluding carboxylic acids is 1. The lowest BCUT2D eigenvalue weighted by molar-refractivity contribution is 0.0635. The molecule has 2 heterocycles. The van der Waals surface area contributed by atoms with E-state index in [0.29, 0.717) is 0 Å². The Balaban J connectivity index is 1.68. The lowest BCUT2D eigenvalue weighted by atomic mass is 9.90. The molecule has 2 aromatic carbocycles. The number of amides is 1. The lowest BCUT2D eigenvalue weighted by Crippen LogP contribution is -2.29. The third-order valence-electron chi connectivity index (χ3n) is 4.60. The first-order valence-corrected chi connectivity index (χ1v) is 9.16. The number of hydrogen-bond acceptors (Lipinski definition) is 5. The maximum atomic E-state index is 12.2. The molecule has 2 N–H and O–H groups in total. The van der Waals surface area contributed by atoms with Crippen molar-refractivity contribution < 1.29 is 19.0 Å². The van der Waals surface area contributed by atoms with Crippen LogP contribution in [-0.4, -0.2) is 25.0 Å². The topological polar surface area (TPSA) is 68.8 Å². The van der Waals surface area contributed by atoms with Crippen LogP contribution in [0.25, 0.3) is 11.1 Å². The minimum Gasteiger partial charge on any atom is -0.454 e. The highest BCUT2D eigenvalue weighted by Crippen LogP contribution is 2.39. The molecule has 6 nitrogen and oxygen atoms in total. The maximum Gasteiger partial charge on any atom is 0.412 e. The quantitative estimate of drug-likeness (QED) is 0.836. The Morgan fingerprint density at radius 3 is 2.74 bits per heavy atom. The molecule has 2 aromatic rings. The molecule has 0 unspecified atom stereocenters. The van der Waals surface area contributed by atoms with E-state index in [0.717, 1.165) is 53.4 Å². The molecule has 2 aliphatic heterocycles.